The molecule has 18 heavy (non-hydrogen) atoms. The summed E-state index contributed by atoms with van der Waals surface area (Å²) >= 11 is 0. The van der Waals surface area contributed by atoms with Crippen molar-refractivity contribution in [1.29, 1.82) is 0 Å². The van der Waals surface area contributed by atoms with E-state index in [1.54, 1.807) is 7.11 Å². The van der Waals surface area contributed by atoms with Crippen LogP contribution in [0.15, 0.2) is 42.5 Å². The summed E-state index contributed by atoms with van der Waals surface area (Å²) < 4.78 is 5.44. The van der Waals surface area contributed by atoms with E-state index in [9.17, 15) is 0 Å². The van der Waals surface area contributed by atoms with E-state index < -0.39 is 0 Å². The maximum Gasteiger partial charge on any atom is 0.124 e. The first-order valence-electron chi connectivity index (χ1n) is 6.27. The van der Waals surface area contributed by atoms with Crippen LogP contribution < -0.4 is 10.1 Å². The second-order valence-electron chi connectivity index (χ2n) is 4.80. The van der Waals surface area contributed by atoms with Crippen LogP contribution in [0.3, 0.4) is 0 Å². The molecule has 0 radical (unpaired) electrons. The molecule has 0 aromatic heterocycles. The summed E-state index contributed by atoms with van der Waals surface area (Å²) in [5, 5.41) is 3.57. The lowest BCUT2D eigenvalue weighted by Gasteiger charge is -2.15. The highest BCUT2D eigenvalue weighted by atomic mass is 16.5. The van der Waals surface area contributed by atoms with Gasteiger partial charge in [-0.25, -0.2) is 0 Å². The molecule has 3 rings (SSSR count). The number of fused-ring (bicyclic) bond motifs is 1. The van der Waals surface area contributed by atoms with E-state index in [2.05, 4.69) is 42.6 Å². The van der Waals surface area contributed by atoms with E-state index in [0.29, 0.717) is 6.04 Å². The number of hydrogen-bond acceptors (Lipinski definition) is 2. The number of aryl methyl sites for hydroxylation is 1. The predicted molar refractivity (Wildman–Crippen MR) is 74.2 cm³/mol. The van der Waals surface area contributed by atoms with Crippen molar-refractivity contribution < 1.29 is 4.74 Å². The lowest BCUT2D eigenvalue weighted by Crippen LogP contribution is -2.07. The number of para-hydroxylation sites is 1. The van der Waals surface area contributed by atoms with Gasteiger partial charge in [0.2, 0.25) is 0 Å². The minimum atomic E-state index is 0.318. The van der Waals surface area contributed by atoms with Gasteiger partial charge in [0.05, 0.1) is 13.2 Å². The van der Waals surface area contributed by atoms with E-state index in [1.165, 1.54) is 22.4 Å². The fourth-order valence-corrected chi connectivity index (χ4v) is 2.63. The average molecular weight is 239 g/mol. The summed E-state index contributed by atoms with van der Waals surface area (Å²) in [4.78, 5) is 0. The molecule has 1 aliphatic heterocycles. The number of hydrogen-bond donors (Lipinski definition) is 1. The highest BCUT2D eigenvalue weighted by molar-refractivity contribution is 5.60. The van der Waals surface area contributed by atoms with Gasteiger partial charge in [-0.3, -0.25) is 0 Å². The first kappa shape index (κ1) is 11.1. The summed E-state index contributed by atoms with van der Waals surface area (Å²) in [5.41, 5.74) is 5.19. The second-order valence-corrected chi connectivity index (χ2v) is 4.80. The second kappa shape index (κ2) is 4.37. The minimum absolute atomic E-state index is 0.318. The van der Waals surface area contributed by atoms with E-state index in [4.69, 9.17) is 4.74 Å². The van der Waals surface area contributed by atoms with Crippen LogP contribution in [0.2, 0.25) is 0 Å². The molecule has 0 spiro atoms. The lowest BCUT2D eigenvalue weighted by molar-refractivity contribution is 0.407. The third-order valence-electron chi connectivity index (χ3n) is 3.53. The standard InChI is InChI=1S/C16H17NO/c1-11-7-8-14-12(9-11)10-15(17-14)13-5-3-4-6-16(13)18-2/h3-9,15,17H,10H2,1-2H3. The molecule has 2 aromatic carbocycles. The Morgan fingerprint density at radius 2 is 2.00 bits per heavy atom. The molecule has 1 atom stereocenters. The minimum Gasteiger partial charge on any atom is -0.496 e. The maximum atomic E-state index is 5.44. The molecule has 0 saturated carbocycles. The van der Waals surface area contributed by atoms with Crippen molar-refractivity contribution in [3.8, 4) is 5.75 Å². The van der Waals surface area contributed by atoms with Crippen molar-refractivity contribution >= 4 is 5.69 Å². The van der Waals surface area contributed by atoms with Crippen LogP contribution in [-0.2, 0) is 6.42 Å². The van der Waals surface area contributed by atoms with Gasteiger partial charge in [0.1, 0.15) is 5.75 Å². The number of methoxy groups -OCH3 is 1. The number of rotatable bonds is 2. The Balaban J connectivity index is 1.93. The third kappa shape index (κ3) is 1.84. The molecule has 1 unspecified atom stereocenters. The molecule has 2 heteroatoms. The average Bonchev–Trinajstić information content (AvgIpc) is 2.81. The zero-order valence-electron chi connectivity index (χ0n) is 10.7. The van der Waals surface area contributed by atoms with Gasteiger partial charge in [-0.2, -0.15) is 0 Å². The summed E-state index contributed by atoms with van der Waals surface area (Å²) in [6.07, 6.45) is 1.03. The molecule has 0 aliphatic carbocycles. The van der Waals surface area contributed by atoms with Gasteiger partial charge in [-0.05, 0) is 31.0 Å². The molecule has 92 valence electrons. The molecule has 1 aliphatic rings. The van der Waals surface area contributed by atoms with Gasteiger partial charge < -0.3 is 10.1 Å². The quantitative estimate of drug-likeness (QED) is 0.862. The topological polar surface area (TPSA) is 21.3 Å². The van der Waals surface area contributed by atoms with Crippen LogP contribution in [0, 0.1) is 6.92 Å². The van der Waals surface area contributed by atoms with E-state index >= 15 is 0 Å². The van der Waals surface area contributed by atoms with E-state index in [-0.39, 0.29) is 0 Å². The van der Waals surface area contributed by atoms with Gasteiger partial charge in [0.25, 0.3) is 0 Å². The molecule has 1 heterocycles. The fraction of sp³-hybridized carbons (Fsp3) is 0.250. The SMILES string of the molecule is COc1ccccc1C1Cc2cc(C)ccc2N1. The summed E-state index contributed by atoms with van der Waals surface area (Å²) in [5.74, 6) is 0.958. The first-order chi connectivity index (χ1) is 8.78. The van der Waals surface area contributed by atoms with E-state index in [0.717, 1.165) is 12.2 Å². The molecule has 1 N–H and O–H groups in total. The van der Waals surface area contributed by atoms with Crippen LogP contribution in [-0.4, -0.2) is 7.11 Å². The number of benzene rings is 2. The summed E-state index contributed by atoms with van der Waals surface area (Å²) in [6.45, 7) is 2.14. The van der Waals surface area contributed by atoms with Gasteiger partial charge in [0, 0.05) is 11.3 Å². The van der Waals surface area contributed by atoms with Crippen molar-refractivity contribution in [2.75, 3.05) is 12.4 Å². The van der Waals surface area contributed by atoms with Crippen molar-refractivity contribution in [3.63, 3.8) is 0 Å². The smallest absolute Gasteiger partial charge is 0.124 e. The lowest BCUT2D eigenvalue weighted by atomic mass is 10.0. The van der Waals surface area contributed by atoms with Crippen molar-refractivity contribution in [2.45, 2.75) is 19.4 Å². The highest BCUT2D eigenvalue weighted by Crippen LogP contribution is 2.37. The summed E-state index contributed by atoms with van der Waals surface area (Å²) in [7, 11) is 1.73. The monoisotopic (exact) mass is 239 g/mol. The van der Waals surface area contributed by atoms with Gasteiger partial charge in [0.15, 0.2) is 0 Å². The predicted octanol–water partition coefficient (Wildman–Crippen LogP) is 3.71. The highest BCUT2D eigenvalue weighted by Gasteiger charge is 2.24. The largest absolute Gasteiger partial charge is 0.496 e. The Bertz CT molecular complexity index is 577. The van der Waals surface area contributed by atoms with Gasteiger partial charge >= 0.3 is 0 Å². The van der Waals surface area contributed by atoms with Crippen molar-refractivity contribution in [2.24, 2.45) is 0 Å². The zero-order chi connectivity index (χ0) is 12.5. The van der Waals surface area contributed by atoms with Crippen LogP contribution in [0.1, 0.15) is 22.7 Å². The Morgan fingerprint density at radius 1 is 1.17 bits per heavy atom. The number of ether oxygens (including phenoxy) is 1. The number of nitrogens with one attached hydrogen (secondary N) is 1. The number of anilines is 1. The van der Waals surface area contributed by atoms with Crippen LogP contribution in [0.5, 0.6) is 5.75 Å². The van der Waals surface area contributed by atoms with E-state index in [1.807, 2.05) is 12.1 Å². The molecular formula is C16H17NO. The van der Waals surface area contributed by atoms with Crippen LogP contribution in [0.4, 0.5) is 5.69 Å². The van der Waals surface area contributed by atoms with Gasteiger partial charge in [-0.15, -0.1) is 0 Å². The summed E-state index contributed by atoms with van der Waals surface area (Å²) in [6, 6.07) is 15.1. The normalized spacial score (nSPS) is 17.1. The Labute approximate surface area is 108 Å². The van der Waals surface area contributed by atoms with Crippen LogP contribution in [0.25, 0.3) is 0 Å². The molecule has 0 amide bonds. The Hall–Kier alpha value is -1.96. The van der Waals surface area contributed by atoms with Gasteiger partial charge in [-0.1, -0.05) is 35.9 Å². The maximum absolute atomic E-state index is 5.44. The third-order valence-corrected chi connectivity index (χ3v) is 3.53. The molecule has 2 aromatic rings. The molecular weight excluding hydrogens is 222 g/mol. The zero-order valence-corrected chi connectivity index (χ0v) is 10.7. The van der Waals surface area contributed by atoms with Crippen LogP contribution >= 0.6 is 0 Å². The molecule has 0 fully saturated rings. The molecule has 2 nitrogen and oxygen atoms in total. The Morgan fingerprint density at radius 3 is 2.83 bits per heavy atom. The van der Waals surface area contributed by atoms with Crippen molar-refractivity contribution in [1.82, 2.24) is 0 Å². The Kier molecular flexibility index (Phi) is 2.71. The van der Waals surface area contributed by atoms with Crippen molar-refractivity contribution in [3.05, 3.63) is 59.2 Å². The molecule has 0 bridgehead atoms. The molecule has 0 saturated heterocycles. The first-order valence-corrected chi connectivity index (χ1v) is 6.27. The fourth-order valence-electron chi connectivity index (χ4n) is 2.63.